The summed E-state index contributed by atoms with van der Waals surface area (Å²) in [5.41, 5.74) is 0. The molecule has 0 aliphatic carbocycles. The summed E-state index contributed by atoms with van der Waals surface area (Å²) in [5.74, 6) is 0.557. The Kier molecular flexibility index (Phi) is 26.2. The third kappa shape index (κ3) is 25.3. The van der Waals surface area contributed by atoms with Crippen molar-refractivity contribution < 1.29 is 14.3 Å². The van der Waals surface area contributed by atoms with Crippen LogP contribution in [0.3, 0.4) is 0 Å². The number of carbonyl (C=O) groups excluding carboxylic acids is 2. The molecular weight excluding hydrogens is 408 g/mol. The molecule has 1 atom stereocenters. The average molecular weight is 465 g/mol. The Labute approximate surface area is 206 Å². The van der Waals surface area contributed by atoms with Gasteiger partial charge in [0.1, 0.15) is 12.9 Å². The Bertz CT molecular complexity index is 444. The molecular formula is C30H56O3. The standard InChI is InChI=1S/C30H56O3/c1-3-5-7-9-12-15-19-23-29(26-27-31)24-20-16-13-10-11-14-17-21-25-30(32)33-28-22-18-8-6-4-2/h18,22,27,29H,3-17,19-21,23-26,28H2,1-2H3/b22-18-. The zero-order chi connectivity index (χ0) is 24.2. The van der Waals surface area contributed by atoms with Crippen molar-refractivity contribution in [1.82, 2.24) is 0 Å². The van der Waals surface area contributed by atoms with E-state index in [1.54, 1.807) is 0 Å². The van der Waals surface area contributed by atoms with E-state index in [2.05, 4.69) is 19.9 Å². The zero-order valence-electron chi connectivity index (χ0n) is 22.3. The smallest absolute Gasteiger partial charge is 0.306 e. The molecule has 3 heteroatoms. The molecule has 0 N–H and O–H groups in total. The molecule has 0 saturated heterocycles. The van der Waals surface area contributed by atoms with Gasteiger partial charge < -0.3 is 9.53 Å². The first-order valence-corrected chi connectivity index (χ1v) is 14.5. The fourth-order valence-corrected chi connectivity index (χ4v) is 4.39. The lowest BCUT2D eigenvalue weighted by Crippen LogP contribution is -2.04. The molecule has 0 aliphatic heterocycles. The van der Waals surface area contributed by atoms with Crippen molar-refractivity contribution in [3.8, 4) is 0 Å². The maximum absolute atomic E-state index is 11.7. The summed E-state index contributed by atoms with van der Waals surface area (Å²) in [4.78, 5) is 22.7. The Morgan fingerprint density at radius 3 is 1.73 bits per heavy atom. The van der Waals surface area contributed by atoms with Crippen LogP contribution in [0, 0.1) is 5.92 Å². The quantitative estimate of drug-likeness (QED) is 0.0554. The summed E-state index contributed by atoms with van der Waals surface area (Å²) >= 11 is 0. The van der Waals surface area contributed by atoms with Gasteiger partial charge in [0.05, 0.1) is 0 Å². The largest absolute Gasteiger partial charge is 0.461 e. The van der Waals surface area contributed by atoms with Gasteiger partial charge in [0.15, 0.2) is 0 Å². The zero-order valence-corrected chi connectivity index (χ0v) is 22.3. The number of hydrogen-bond donors (Lipinski definition) is 0. The van der Waals surface area contributed by atoms with Gasteiger partial charge in [-0.1, -0.05) is 142 Å². The normalized spacial score (nSPS) is 12.3. The summed E-state index contributed by atoms with van der Waals surface area (Å²) in [5, 5.41) is 0. The van der Waals surface area contributed by atoms with Crippen LogP contribution in [0.4, 0.5) is 0 Å². The van der Waals surface area contributed by atoms with Crippen molar-refractivity contribution in [3.05, 3.63) is 12.2 Å². The van der Waals surface area contributed by atoms with E-state index in [0.29, 0.717) is 18.9 Å². The van der Waals surface area contributed by atoms with Crippen LogP contribution in [-0.2, 0) is 14.3 Å². The lowest BCUT2D eigenvalue weighted by molar-refractivity contribution is -0.142. The Morgan fingerprint density at radius 1 is 0.667 bits per heavy atom. The van der Waals surface area contributed by atoms with E-state index in [1.165, 1.54) is 109 Å². The number of unbranched alkanes of at least 4 members (excludes halogenated alkanes) is 15. The first-order valence-electron chi connectivity index (χ1n) is 14.5. The van der Waals surface area contributed by atoms with E-state index < -0.39 is 0 Å². The second kappa shape index (κ2) is 27.1. The van der Waals surface area contributed by atoms with Crippen molar-refractivity contribution in [2.75, 3.05) is 6.61 Å². The fraction of sp³-hybridized carbons (Fsp3) is 0.867. The van der Waals surface area contributed by atoms with Crippen molar-refractivity contribution in [1.29, 1.82) is 0 Å². The summed E-state index contributed by atoms with van der Waals surface area (Å²) in [6.45, 7) is 4.87. The van der Waals surface area contributed by atoms with Crippen molar-refractivity contribution in [3.63, 3.8) is 0 Å². The summed E-state index contributed by atoms with van der Waals surface area (Å²) in [6.07, 6.45) is 31.6. The van der Waals surface area contributed by atoms with Crippen LogP contribution in [0.15, 0.2) is 12.2 Å². The fourth-order valence-electron chi connectivity index (χ4n) is 4.39. The van der Waals surface area contributed by atoms with Crippen LogP contribution in [0.1, 0.15) is 155 Å². The average Bonchev–Trinajstić information content (AvgIpc) is 2.81. The van der Waals surface area contributed by atoms with Gasteiger partial charge in [-0.2, -0.15) is 0 Å². The highest BCUT2D eigenvalue weighted by atomic mass is 16.5. The topological polar surface area (TPSA) is 43.4 Å². The van der Waals surface area contributed by atoms with Crippen LogP contribution < -0.4 is 0 Å². The lowest BCUT2D eigenvalue weighted by Gasteiger charge is -2.14. The van der Waals surface area contributed by atoms with Gasteiger partial charge >= 0.3 is 5.97 Å². The summed E-state index contributed by atoms with van der Waals surface area (Å²) in [6, 6.07) is 0. The lowest BCUT2D eigenvalue weighted by atomic mass is 9.92. The molecule has 3 nitrogen and oxygen atoms in total. The molecule has 0 rings (SSSR count). The van der Waals surface area contributed by atoms with Gasteiger partial charge in [0.25, 0.3) is 0 Å². The van der Waals surface area contributed by atoms with Gasteiger partial charge in [-0.15, -0.1) is 0 Å². The molecule has 0 heterocycles. The first-order chi connectivity index (χ1) is 16.2. The van der Waals surface area contributed by atoms with Crippen molar-refractivity contribution in [2.24, 2.45) is 5.92 Å². The first kappa shape index (κ1) is 31.9. The molecule has 33 heavy (non-hydrogen) atoms. The molecule has 0 aromatic rings. The molecule has 0 bridgehead atoms. The van der Waals surface area contributed by atoms with E-state index in [4.69, 9.17) is 4.74 Å². The van der Waals surface area contributed by atoms with Crippen LogP contribution in [-0.4, -0.2) is 18.9 Å². The molecule has 0 radical (unpaired) electrons. The molecule has 0 aliphatic rings. The van der Waals surface area contributed by atoms with E-state index in [1.807, 2.05) is 6.08 Å². The van der Waals surface area contributed by atoms with Gasteiger partial charge in [0, 0.05) is 12.8 Å². The maximum Gasteiger partial charge on any atom is 0.306 e. The molecule has 0 amide bonds. The van der Waals surface area contributed by atoms with Gasteiger partial charge in [-0.05, 0) is 18.8 Å². The van der Waals surface area contributed by atoms with Crippen molar-refractivity contribution in [2.45, 2.75) is 155 Å². The highest BCUT2D eigenvalue weighted by Gasteiger charge is 2.08. The van der Waals surface area contributed by atoms with Crippen LogP contribution in [0.2, 0.25) is 0 Å². The number of rotatable bonds is 26. The van der Waals surface area contributed by atoms with Crippen LogP contribution in [0.25, 0.3) is 0 Å². The van der Waals surface area contributed by atoms with Crippen LogP contribution >= 0.6 is 0 Å². The van der Waals surface area contributed by atoms with E-state index in [9.17, 15) is 9.59 Å². The second-order valence-corrected chi connectivity index (χ2v) is 9.84. The second-order valence-electron chi connectivity index (χ2n) is 9.84. The Morgan fingerprint density at radius 2 is 1.18 bits per heavy atom. The molecule has 0 fully saturated rings. The minimum absolute atomic E-state index is 0.0588. The highest BCUT2D eigenvalue weighted by Crippen LogP contribution is 2.21. The molecule has 0 spiro atoms. The number of carbonyl (C=O) groups is 2. The molecule has 1 unspecified atom stereocenters. The summed E-state index contributed by atoms with van der Waals surface area (Å²) in [7, 11) is 0. The van der Waals surface area contributed by atoms with Gasteiger partial charge in [-0.3, -0.25) is 4.79 Å². The maximum atomic E-state index is 11.7. The minimum Gasteiger partial charge on any atom is -0.461 e. The minimum atomic E-state index is -0.0588. The number of hydrogen-bond acceptors (Lipinski definition) is 3. The highest BCUT2D eigenvalue weighted by molar-refractivity contribution is 5.69. The van der Waals surface area contributed by atoms with Gasteiger partial charge in [-0.25, -0.2) is 0 Å². The molecule has 194 valence electrons. The predicted octanol–water partition coefficient (Wildman–Crippen LogP) is 9.52. The number of ether oxygens (including phenoxy) is 1. The molecule has 0 aromatic carbocycles. The van der Waals surface area contributed by atoms with E-state index >= 15 is 0 Å². The molecule has 0 saturated carbocycles. The number of aldehydes is 1. The predicted molar refractivity (Wildman–Crippen MR) is 143 cm³/mol. The van der Waals surface area contributed by atoms with Crippen LogP contribution in [0.5, 0.6) is 0 Å². The number of esters is 1. The Balaban J connectivity index is 3.48. The van der Waals surface area contributed by atoms with E-state index in [0.717, 1.165) is 32.0 Å². The number of allylic oxidation sites excluding steroid dienone is 1. The van der Waals surface area contributed by atoms with E-state index in [-0.39, 0.29) is 5.97 Å². The van der Waals surface area contributed by atoms with Crippen molar-refractivity contribution >= 4 is 12.3 Å². The molecule has 0 aromatic heterocycles. The third-order valence-corrected chi connectivity index (χ3v) is 6.62. The monoisotopic (exact) mass is 464 g/mol. The van der Waals surface area contributed by atoms with Gasteiger partial charge in [0.2, 0.25) is 0 Å². The Hall–Kier alpha value is -1.12. The summed E-state index contributed by atoms with van der Waals surface area (Å²) < 4.78 is 5.23. The SMILES string of the molecule is CCCC/C=C\COC(=O)CCCCCCCCCCC(CC=O)CCCCCCCCC. The third-order valence-electron chi connectivity index (χ3n) is 6.62.